The SMILES string of the molecule is O=C(O)C1(O)OCC(O)C1(O)O. The van der Waals surface area contributed by atoms with Gasteiger partial charge in [-0.3, -0.25) is 0 Å². The van der Waals surface area contributed by atoms with E-state index in [1.807, 2.05) is 0 Å². The number of aliphatic carboxylic acids is 1. The molecule has 1 saturated heterocycles. The lowest BCUT2D eigenvalue weighted by atomic mass is 10.0. The Hall–Kier alpha value is -0.730. The van der Waals surface area contributed by atoms with Crippen LogP contribution in [0.1, 0.15) is 0 Å². The van der Waals surface area contributed by atoms with E-state index >= 15 is 0 Å². The molecule has 0 bridgehead atoms. The Bertz CT molecular complexity index is 212. The van der Waals surface area contributed by atoms with Crippen LogP contribution in [-0.4, -0.2) is 55.8 Å². The minimum absolute atomic E-state index is 0.657. The molecule has 0 spiro atoms. The van der Waals surface area contributed by atoms with Gasteiger partial charge < -0.3 is 30.3 Å². The summed E-state index contributed by atoms with van der Waals surface area (Å²) in [5.74, 6) is -8.31. The molecule has 2 unspecified atom stereocenters. The molecule has 1 aliphatic heterocycles. The second-order valence-corrected chi connectivity index (χ2v) is 2.50. The standard InChI is InChI=1S/C5H8O7/c6-2-1-12-5(11,3(7)8)4(2,9)10/h2,6,9-11H,1H2,(H,7,8). The minimum atomic E-state index is -3.18. The zero-order chi connectivity index (χ0) is 9.57. The highest BCUT2D eigenvalue weighted by Gasteiger charge is 2.65. The average Bonchev–Trinajstić information content (AvgIpc) is 2.15. The van der Waals surface area contributed by atoms with Crippen LogP contribution in [0.25, 0.3) is 0 Å². The predicted molar refractivity (Wildman–Crippen MR) is 31.7 cm³/mol. The second kappa shape index (κ2) is 2.38. The third-order valence-electron chi connectivity index (χ3n) is 1.70. The molecule has 2 atom stereocenters. The van der Waals surface area contributed by atoms with Crippen LogP contribution in [-0.2, 0) is 9.53 Å². The van der Waals surface area contributed by atoms with Crippen molar-refractivity contribution in [2.24, 2.45) is 0 Å². The lowest BCUT2D eigenvalue weighted by Gasteiger charge is -2.28. The van der Waals surface area contributed by atoms with Crippen molar-refractivity contribution in [3.63, 3.8) is 0 Å². The van der Waals surface area contributed by atoms with Crippen molar-refractivity contribution < 1.29 is 35.1 Å². The van der Waals surface area contributed by atoms with Crippen molar-refractivity contribution in [1.82, 2.24) is 0 Å². The van der Waals surface area contributed by atoms with Gasteiger partial charge in [-0.25, -0.2) is 4.79 Å². The molecule has 1 rings (SSSR count). The lowest BCUT2D eigenvalue weighted by molar-refractivity contribution is -0.332. The van der Waals surface area contributed by atoms with Gasteiger partial charge in [0.05, 0.1) is 6.61 Å². The zero-order valence-corrected chi connectivity index (χ0v) is 5.84. The summed E-state index contributed by atoms with van der Waals surface area (Å²) in [6.45, 7) is -0.657. The average molecular weight is 180 g/mol. The van der Waals surface area contributed by atoms with Gasteiger partial charge in [-0.2, -0.15) is 0 Å². The Morgan fingerprint density at radius 3 is 2.08 bits per heavy atom. The van der Waals surface area contributed by atoms with E-state index in [-0.39, 0.29) is 0 Å². The summed E-state index contributed by atoms with van der Waals surface area (Å²) in [7, 11) is 0. The summed E-state index contributed by atoms with van der Waals surface area (Å²) in [5.41, 5.74) is 0. The van der Waals surface area contributed by atoms with E-state index in [0.29, 0.717) is 0 Å². The van der Waals surface area contributed by atoms with E-state index in [4.69, 9.17) is 25.5 Å². The van der Waals surface area contributed by atoms with Gasteiger partial charge in [-0.1, -0.05) is 0 Å². The van der Waals surface area contributed by atoms with Crippen molar-refractivity contribution in [3.8, 4) is 0 Å². The van der Waals surface area contributed by atoms with Crippen molar-refractivity contribution >= 4 is 5.97 Å². The molecule has 0 aromatic heterocycles. The molecule has 0 saturated carbocycles. The van der Waals surface area contributed by atoms with Crippen LogP contribution in [0.15, 0.2) is 0 Å². The fourth-order valence-electron chi connectivity index (χ4n) is 0.867. The van der Waals surface area contributed by atoms with Gasteiger partial charge in [0.25, 0.3) is 5.79 Å². The van der Waals surface area contributed by atoms with Gasteiger partial charge in [0.1, 0.15) is 6.10 Å². The number of hydrogen-bond donors (Lipinski definition) is 5. The van der Waals surface area contributed by atoms with Crippen LogP contribution in [0.5, 0.6) is 0 Å². The third-order valence-corrected chi connectivity index (χ3v) is 1.70. The summed E-state index contributed by atoms with van der Waals surface area (Å²) in [6, 6.07) is 0. The Morgan fingerprint density at radius 2 is 1.92 bits per heavy atom. The van der Waals surface area contributed by atoms with Crippen LogP contribution < -0.4 is 0 Å². The first-order valence-electron chi connectivity index (χ1n) is 3.05. The van der Waals surface area contributed by atoms with Gasteiger partial charge in [-0.15, -0.1) is 0 Å². The molecule has 0 aliphatic carbocycles. The molecule has 0 aromatic carbocycles. The molecule has 0 radical (unpaired) electrons. The van der Waals surface area contributed by atoms with Gasteiger partial charge in [0.2, 0.25) is 0 Å². The van der Waals surface area contributed by atoms with Crippen LogP contribution in [0, 0.1) is 0 Å². The van der Waals surface area contributed by atoms with E-state index in [9.17, 15) is 4.79 Å². The first-order chi connectivity index (χ1) is 5.32. The number of aliphatic hydroxyl groups is 4. The highest BCUT2D eigenvalue weighted by Crippen LogP contribution is 2.32. The largest absolute Gasteiger partial charge is 0.477 e. The van der Waals surface area contributed by atoms with Crippen molar-refractivity contribution in [3.05, 3.63) is 0 Å². The summed E-state index contributed by atoms with van der Waals surface area (Å²) < 4.78 is 4.14. The smallest absolute Gasteiger partial charge is 0.370 e. The van der Waals surface area contributed by atoms with E-state index in [1.165, 1.54) is 0 Å². The maximum atomic E-state index is 10.3. The molecule has 0 aromatic rings. The number of ether oxygens (including phenoxy) is 1. The number of rotatable bonds is 1. The summed E-state index contributed by atoms with van der Waals surface area (Å²) in [5, 5.41) is 43.9. The normalized spacial score (nSPS) is 39.8. The molecule has 0 amide bonds. The summed E-state index contributed by atoms with van der Waals surface area (Å²) in [4.78, 5) is 10.3. The molecular formula is C5H8O7. The molecule has 7 heteroatoms. The molecule has 12 heavy (non-hydrogen) atoms. The monoisotopic (exact) mass is 180 g/mol. The molecular weight excluding hydrogens is 172 g/mol. The van der Waals surface area contributed by atoms with Gasteiger partial charge in [-0.05, 0) is 0 Å². The molecule has 1 heterocycles. The van der Waals surface area contributed by atoms with Crippen LogP contribution in [0.2, 0.25) is 0 Å². The lowest BCUT2D eigenvalue weighted by Crippen LogP contribution is -2.60. The summed E-state index contributed by atoms with van der Waals surface area (Å²) in [6.07, 6.45) is -1.85. The zero-order valence-electron chi connectivity index (χ0n) is 5.84. The van der Waals surface area contributed by atoms with E-state index in [2.05, 4.69) is 4.74 Å². The first kappa shape index (κ1) is 9.36. The second-order valence-electron chi connectivity index (χ2n) is 2.50. The van der Waals surface area contributed by atoms with Gasteiger partial charge in [0, 0.05) is 0 Å². The van der Waals surface area contributed by atoms with Crippen LogP contribution in [0.3, 0.4) is 0 Å². The Kier molecular flexibility index (Phi) is 1.85. The number of hydrogen-bond acceptors (Lipinski definition) is 6. The highest BCUT2D eigenvalue weighted by atomic mass is 16.7. The number of carbonyl (C=O) groups is 1. The van der Waals surface area contributed by atoms with Crippen LogP contribution in [0.4, 0.5) is 0 Å². The minimum Gasteiger partial charge on any atom is -0.477 e. The predicted octanol–water partition coefficient (Wildman–Crippen LogP) is -3.17. The first-order valence-corrected chi connectivity index (χ1v) is 3.05. The maximum absolute atomic E-state index is 10.3. The van der Waals surface area contributed by atoms with Crippen LogP contribution >= 0.6 is 0 Å². The van der Waals surface area contributed by atoms with Gasteiger partial charge >= 0.3 is 11.8 Å². The number of carboxylic acid groups (broad SMARTS) is 1. The summed E-state index contributed by atoms with van der Waals surface area (Å²) >= 11 is 0. The topological polar surface area (TPSA) is 127 Å². The fourth-order valence-corrected chi connectivity index (χ4v) is 0.867. The van der Waals surface area contributed by atoms with Gasteiger partial charge in [0.15, 0.2) is 0 Å². The fraction of sp³-hybridized carbons (Fsp3) is 0.800. The van der Waals surface area contributed by atoms with E-state index in [1.54, 1.807) is 0 Å². The Morgan fingerprint density at radius 1 is 1.42 bits per heavy atom. The molecule has 1 fully saturated rings. The van der Waals surface area contributed by atoms with E-state index < -0.39 is 30.3 Å². The number of aliphatic hydroxyl groups excluding tert-OH is 1. The number of carboxylic acids is 1. The Balaban J connectivity index is 3.01. The Labute approximate surface area is 66.4 Å². The molecule has 70 valence electrons. The molecule has 7 nitrogen and oxygen atoms in total. The van der Waals surface area contributed by atoms with Crippen molar-refractivity contribution in [1.29, 1.82) is 0 Å². The molecule has 1 aliphatic rings. The maximum Gasteiger partial charge on any atom is 0.370 e. The third kappa shape index (κ3) is 0.919. The van der Waals surface area contributed by atoms with Crippen molar-refractivity contribution in [2.45, 2.75) is 17.7 Å². The molecule has 5 N–H and O–H groups in total. The van der Waals surface area contributed by atoms with E-state index in [0.717, 1.165) is 0 Å². The quantitative estimate of drug-likeness (QED) is 0.269. The highest BCUT2D eigenvalue weighted by molar-refractivity contribution is 5.77. The van der Waals surface area contributed by atoms with Crippen molar-refractivity contribution in [2.75, 3.05) is 6.61 Å².